The van der Waals surface area contributed by atoms with E-state index < -0.39 is 0 Å². The lowest BCUT2D eigenvalue weighted by atomic mass is 10.2. The first-order chi connectivity index (χ1) is 9.02. The lowest BCUT2D eigenvalue weighted by Crippen LogP contribution is -2.38. The molecule has 0 saturated heterocycles. The van der Waals surface area contributed by atoms with Gasteiger partial charge in [0, 0.05) is 25.8 Å². The maximum Gasteiger partial charge on any atom is 0.239 e. The third-order valence-electron chi connectivity index (χ3n) is 2.61. The van der Waals surface area contributed by atoms with E-state index in [2.05, 4.69) is 22.5 Å². The van der Waals surface area contributed by atoms with Crippen LogP contribution in [0, 0.1) is 0 Å². The van der Waals surface area contributed by atoms with Crippen LogP contribution in [0.2, 0.25) is 0 Å². The summed E-state index contributed by atoms with van der Waals surface area (Å²) in [6, 6.07) is 4.13. The van der Waals surface area contributed by atoms with Gasteiger partial charge < -0.3 is 15.5 Å². The van der Waals surface area contributed by atoms with Crippen molar-refractivity contribution in [3.8, 4) is 0 Å². The molecule has 0 spiro atoms. The van der Waals surface area contributed by atoms with Gasteiger partial charge in [-0.15, -0.1) is 0 Å². The van der Waals surface area contributed by atoms with Crippen LogP contribution in [0.1, 0.15) is 26.3 Å². The summed E-state index contributed by atoms with van der Waals surface area (Å²) >= 11 is 0. The molecule has 1 rings (SSSR count). The Kier molecular flexibility index (Phi) is 6.29. The summed E-state index contributed by atoms with van der Waals surface area (Å²) in [5.41, 5.74) is 1.14. The molecule has 0 atom stereocenters. The van der Waals surface area contributed by atoms with Gasteiger partial charge in [0.05, 0.1) is 6.54 Å². The second-order valence-electron chi connectivity index (χ2n) is 4.88. The first-order valence-electron chi connectivity index (χ1n) is 6.69. The molecular weight excluding hydrogens is 240 g/mol. The molecule has 0 fully saturated rings. The maximum atomic E-state index is 11.7. The van der Waals surface area contributed by atoms with Crippen molar-refractivity contribution in [1.29, 1.82) is 0 Å². The highest BCUT2D eigenvalue weighted by molar-refractivity contribution is 5.81. The minimum absolute atomic E-state index is 0.0102. The van der Waals surface area contributed by atoms with Crippen molar-refractivity contribution in [3.63, 3.8) is 0 Å². The minimum atomic E-state index is 0.0102. The molecule has 0 saturated carbocycles. The van der Waals surface area contributed by atoms with E-state index in [4.69, 9.17) is 0 Å². The van der Waals surface area contributed by atoms with Crippen molar-refractivity contribution in [2.24, 2.45) is 0 Å². The van der Waals surface area contributed by atoms with Crippen molar-refractivity contribution >= 4 is 11.7 Å². The van der Waals surface area contributed by atoms with Gasteiger partial charge in [0.2, 0.25) is 5.91 Å². The van der Waals surface area contributed by atoms with Crippen LogP contribution in [0.15, 0.2) is 18.3 Å². The second-order valence-corrected chi connectivity index (χ2v) is 4.88. The fraction of sp³-hybridized carbons (Fsp3) is 0.571. The molecule has 1 aromatic heterocycles. The molecule has 1 aromatic rings. The molecule has 0 bridgehead atoms. The Hall–Kier alpha value is -1.62. The number of rotatable bonds is 7. The summed E-state index contributed by atoms with van der Waals surface area (Å²) in [6.45, 7) is 8.05. The van der Waals surface area contributed by atoms with Gasteiger partial charge in [0.15, 0.2) is 0 Å². The fourth-order valence-corrected chi connectivity index (χ4v) is 1.68. The standard InChI is InChI=1S/C14H24N4O/c1-5-15-8-12-6-7-13(16-9-12)18(4)10-14(19)17-11(2)3/h6-7,9,11,15H,5,8,10H2,1-4H3,(H,17,19). The van der Waals surface area contributed by atoms with Crippen LogP contribution in [-0.2, 0) is 11.3 Å². The van der Waals surface area contributed by atoms with Gasteiger partial charge in [-0.3, -0.25) is 4.79 Å². The summed E-state index contributed by atoms with van der Waals surface area (Å²) in [7, 11) is 1.87. The van der Waals surface area contributed by atoms with E-state index in [1.165, 1.54) is 0 Å². The van der Waals surface area contributed by atoms with Crippen LogP contribution >= 0.6 is 0 Å². The van der Waals surface area contributed by atoms with Gasteiger partial charge in [0.1, 0.15) is 5.82 Å². The summed E-state index contributed by atoms with van der Waals surface area (Å²) < 4.78 is 0. The van der Waals surface area contributed by atoms with Gasteiger partial charge in [-0.2, -0.15) is 0 Å². The van der Waals surface area contributed by atoms with Crippen LogP contribution in [0.5, 0.6) is 0 Å². The van der Waals surface area contributed by atoms with Crippen LogP contribution in [-0.4, -0.2) is 37.1 Å². The molecule has 0 aliphatic carbocycles. The zero-order chi connectivity index (χ0) is 14.3. The minimum Gasteiger partial charge on any atom is -0.352 e. The Bertz CT molecular complexity index is 389. The maximum absolute atomic E-state index is 11.7. The molecule has 0 unspecified atom stereocenters. The third-order valence-corrected chi connectivity index (χ3v) is 2.61. The number of carbonyl (C=O) groups is 1. The van der Waals surface area contributed by atoms with Gasteiger partial charge in [0.25, 0.3) is 0 Å². The van der Waals surface area contributed by atoms with E-state index in [1.807, 2.05) is 44.1 Å². The number of amides is 1. The number of pyridine rings is 1. The predicted molar refractivity (Wildman–Crippen MR) is 78.2 cm³/mol. The van der Waals surface area contributed by atoms with Crippen LogP contribution in [0.3, 0.4) is 0 Å². The average Bonchev–Trinajstić information content (AvgIpc) is 2.35. The molecule has 0 aromatic carbocycles. The number of hydrogen-bond acceptors (Lipinski definition) is 4. The monoisotopic (exact) mass is 264 g/mol. The summed E-state index contributed by atoms with van der Waals surface area (Å²) in [4.78, 5) is 17.9. The molecule has 106 valence electrons. The van der Waals surface area contributed by atoms with Crippen molar-refractivity contribution in [3.05, 3.63) is 23.9 Å². The Labute approximate surface area is 115 Å². The smallest absolute Gasteiger partial charge is 0.239 e. The molecule has 1 amide bonds. The van der Waals surface area contributed by atoms with E-state index in [0.717, 1.165) is 24.5 Å². The third kappa shape index (κ3) is 5.70. The molecule has 5 nitrogen and oxygen atoms in total. The molecule has 0 radical (unpaired) electrons. The quantitative estimate of drug-likeness (QED) is 0.776. The average molecular weight is 264 g/mol. The number of likely N-dealkylation sites (N-methyl/N-ethyl adjacent to an activating group) is 1. The number of hydrogen-bond donors (Lipinski definition) is 2. The SMILES string of the molecule is CCNCc1ccc(N(C)CC(=O)NC(C)C)nc1. The van der Waals surface area contributed by atoms with Crippen molar-refractivity contribution < 1.29 is 4.79 Å². The molecule has 5 heteroatoms. The van der Waals surface area contributed by atoms with Gasteiger partial charge in [-0.25, -0.2) is 4.98 Å². The molecule has 0 aliphatic heterocycles. The molecule has 2 N–H and O–H groups in total. The fourth-order valence-electron chi connectivity index (χ4n) is 1.68. The van der Waals surface area contributed by atoms with Crippen molar-refractivity contribution in [2.45, 2.75) is 33.4 Å². The molecule has 0 aliphatic rings. The lowest BCUT2D eigenvalue weighted by molar-refractivity contribution is -0.120. The zero-order valence-electron chi connectivity index (χ0n) is 12.2. The molecule has 19 heavy (non-hydrogen) atoms. The molecular formula is C14H24N4O. The topological polar surface area (TPSA) is 57.3 Å². The van der Waals surface area contributed by atoms with Crippen molar-refractivity contribution in [1.82, 2.24) is 15.6 Å². The van der Waals surface area contributed by atoms with E-state index in [9.17, 15) is 4.79 Å². The summed E-state index contributed by atoms with van der Waals surface area (Å²) in [5.74, 6) is 0.815. The van der Waals surface area contributed by atoms with Gasteiger partial charge in [-0.1, -0.05) is 13.0 Å². The number of carbonyl (C=O) groups excluding carboxylic acids is 1. The normalized spacial score (nSPS) is 10.6. The van der Waals surface area contributed by atoms with Gasteiger partial charge >= 0.3 is 0 Å². The zero-order valence-corrected chi connectivity index (χ0v) is 12.2. The Balaban J connectivity index is 2.52. The highest BCUT2D eigenvalue weighted by Gasteiger charge is 2.09. The van der Waals surface area contributed by atoms with Crippen molar-refractivity contribution in [2.75, 3.05) is 25.0 Å². The van der Waals surface area contributed by atoms with E-state index >= 15 is 0 Å². The number of anilines is 1. The summed E-state index contributed by atoms with van der Waals surface area (Å²) in [6.07, 6.45) is 1.84. The highest BCUT2D eigenvalue weighted by Crippen LogP contribution is 2.09. The second kappa shape index (κ2) is 7.74. The van der Waals surface area contributed by atoms with Gasteiger partial charge in [-0.05, 0) is 32.0 Å². The van der Waals surface area contributed by atoms with Crippen LogP contribution < -0.4 is 15.5 Å². The van der Waals surface area contributed by atoms with E-state index in [0.29, 0.717) is 6.54 Å². The first kappa shape index (κ1) is 15.4. The largest absolute Gasteiger partial charge is 0.352 e. The van der Waals surface area contributed by atoms with E-state index in [1.54, 1.807) is 0 Å². The Morgan fingerprint density at radius 1 is 1.42 bits per heavy atom. The lowest BCUT2D eigenvalue weighted by Gasteiger charge is -2.18. The first-order valence-corrected chi connectivity index (χ1v) is 6.69. The predicted octanol–water partition coefficient (Wildman–Crippen LogP) is 1.15. The number of nitrogens with zero attached hydrogens (tertiary/aromatic N) is 2. The van der Waals surface area contributed by atoms with Crippen LogP contribution in [0.4, 0.5) is 5.82 Å². The highest BCUT2D eigenvalue weighted by atomic mass is 16.2. The Morgan fingerprint density at radius 2 is 2.16 bits per heavy atom. The Morgan fingerprint density at radius 3 is 2.68 bits per heavy atom. The number of aromatic nitrogens is 1. The summed E-state index contributed by atoms with van der Waals surface area (Å²) in [5, 5.41) is 6.11. The van der Waals surface area contributed by atoms with Crippen LogP contribution in [0.25, 0.3) is 0 Å². The molecule has 1 heterocycles. The number of nitrogens with one attached hydrogen (secondary N) is 2. The van der Waals surface area contributed by atoms with E-state index in [-0.39, 0.29) is 11.9 Å².